The first-order valence-electron chi connectivity index (χ1n) is 5.07. The molecule has 0 saturated carbocycles. The summed E-state index contributed by atoms with van der Waals surface area (Å²) in [6.45, 7) is 4.72. The Hall–Kier alpha value is -0.830. The number of halogens is 1. The Labute approximate surface area is 99.2 Å². The molecule has 0 radical (unpaired) electrons. The topological polar surface area (TPSA) is 29.1 Å². The first-order chi connectivity index (χ1) is 7.16. The van der Waals surface area contributed by atoms with Crippen molar-refractivity contribution in [3.05, 3.63) is 34.9 Å². The van der Waals surface area contributed by atoms with E-state index >= 15 is 0 Å². The van der Waals surface area contributed by atoms with Crippen LogP contribution in [-0.2, 0) is 0 Å². The minimum atomic E-state index is 0.0251. The highest BCUT2D eigenvalue weighted by Gasteiger charge is 2.08. The fraction of sp³-hybridized carbons (Fsp3) is 0.417. The highest BCUT2D eigenvalue weighted by atomic mass is 79.9. The zero-order chi connectivity index (χ0) is 11.3. The van der Waals surface area contributed by atoms with Crippen LogP contribution in [0.2, 0.25) is 0 Å². The molecule has 0 atom stereocenters. The van der Waals surface area contributed by atoms with Crippen molar-refractivity contribution in [2.45, 2.75) is 20.3 Å². The summed E-state index contributed by atoms with van der Waals surface area (Å²) in [7, 11) is 0. The fourth-order valence-electron chi connectivity index (χ4n) is 1.36. The zero-order valence-electron chi connectivity index (χ0n) is 9.14. The third-order valence-corrected chi connectivity index (χ3v) is 3.01. The van der Waals surface area contributed by atoms with Crippen molar-refractivity contribution in [1.82, 2.24) is 5.32 Å². The van der Waals surface area contributed by atoms with Crippen LogP contribution in [0.5, 0.6) is 0 Å². The maximum Gasteiger partial charge on any atom is 0.251 e. The minimum Gasteiger partial charge on any atom is -0.352 e. The van der Waals surface area contributed by atoms with Crippen molar-refractivity contribution in [2.75, 3.05) is 11.9 Å². The van der Waals surface area contributed by atoms with Crippen LogP contribution in [-0.4, -0.2) is 17.8 Å². The lowest BCUT2D eigenvalue weighted by atomic mass is 10.0. The Bertz CT molecular complexity index is 349. The molecule has 0 aromatic heterocycles. The Morgan fingerprint density at radius 3 is 2.80 bits per heavy atom. The normalized spacial score (nSPS) is 10.1. The molecule has 3 heteroatoms. The summed E-state index contributed by atoms with van der Waals surface area (Å²) in [4.78, 5) is 11.8. The van der Waals surface area contributed by atoms with E-state index in [0.29, 0.717) is 0 Å². The summed E-state index contributed by atoms with van der Waals surface area (Å²) < 4.78 is 0. The van der Waals surface area contributed by atoms with E-state index in [9.17, 15) is 4.79 Å². The number of benzene rings is 1. The van der Waals surface area contributed by atoms with Crippen LogP contribution in [0.4, 0.5) is 0 Å². The number of rotatable bonds is 4. The number of carbonyl (C=O) groups excluding carboxylic acids is 1. The SMILES string of the molecule is Cc1cccc(C(=O)NCCCBr)c1C. The maximum atomic E-state index is 11.8. The molecule has 0 aliphatic heterocycles. The number of nitrogens with one attached hydrogen (secondary N) is 1. The van der Waals surface area contributed by atoms with Gasteiger partial charge in [0.2, 0.25) is 0 Å². The lowest BCUT2D eigenvalue weighted by Gasteiger charge is -2.08. The van der Waals surface area contributed by atoms with E-state index in [1.807, 2.05) is 32.0 Å². The number of hydrogen-bond acceptors (Lipinski definition) is 1. The van der Waals surface area contributed by atoms with E-state index in [4.69, 9.17) is 0 Å². The molecular weight excluding hydrogens is 254 g/mol. The predicted octanol–water partition coefficient (Wildman–Crippen LogP) is 2.82. The van der Waals surface area contributed by atoms with Gasteiger partial charge in [-0.1, -0.05) is 28.1 Å². The molecule has 1 N–H and O–H groups in total. The second-order valence-electron chi connectivity index (χ2n) is 3.55. The summed E-state index contributed by atoms with van der Waals surface area (Å²) in [6.07, 6.45) is 0.955. The average Bonchev–Trinajstić information content (AvgIpc) is 2.22. The van der Waals surface area contributed by atoms with Gasteiger partial charge < -0.3 is 5.32 Å². The van der Waals surface area contributed by atoms with E-state index in [1.54, 1.807) is 0 Å². The Morgan fingerprint density at radius 1 is 1.40 bits per heavy atom. The van der Waals surface area contributed by atoms with Crippen LogP contribution < -0.4 is 5.32 Å². The smallest absolute Gasteiger partial charge is 0.251 e. The summed E-state index contributed by atoms with van der Waals surface area (Å²) in [5.74, 6) is 0.0251. The van der Waals surface area contributed by atoms with Gasteiger partial charge in [-0.15, -0.1) is 0 Å². The fourth-order valence-corrected chi connectivity index (χ4v) is 1.64. The standard InChI is InChI=1S/C12H16BrNO/c1-9-5-3-6-11(10(9)2)12(15)14-8-4-7-13/h3,5-6H,4,7-8H2,1-2H3,(H,14,15). The van der Waals surface area contributed by atoms with Crippen LogP contribution in [0.3, 0.4) is 0 Å². The van der Waals surface area contributed by atoms with Gasteiger partial charge in [0.25, 0.3) is 5.91 Å². The summed E-state index contributed by atoms with van der Waals surface area (Å²) in [5, 5.41) is 3.82. The van der Waals surface area contributed by atoms with E-state index in [2.05, 4.69) is 21.2 Å². The molecule has 0 aliphatic carbocycles. The number of carbonyl (C=O) groups is 1. The molecular formula is C12H16BrNO. The second-order valence-corrected chi connectivity index (χ2v) is 4.34. The van der Waals surface area contributed by atoms with E-state index in [0.717, 1.165) is 35.0 Å². The summed E-state index contributed by atoms with van der Waals surface area (Å²) >= 11 is 3.33. The zero-order valence-corrected chi connectivity index (χ0v) is 10.7. The monoisotopic (exact) mass is 269 g/mol. The van der Waals surface area contributed by atoms with Crippen molar-refractivity contribution < 1.29 is 4.79 Å². The number of amides is 1. The van der Waals surface area contributed by atoms with Crippen molar-refractivity contribution in [3.8, 4) is 0 Å². The molecule has 2 nitrogen and oxygen atoms in total. The molecule has 1 aromatic rings. The highest BCUT2D eigenvalue weighted by molar-refractivity contribution is 9.09. The number of aryl methyl sites for hydroxylation is 1. The largest absolute Gasteiger partial charge is 0.352 e. The van der Waals surface area contributed by atoms with E-state index < -0.39 is 0 Å². The molecule has 0 unspecified atom stereocenters. The molecule has 0 aliphatic rings. The third-order valence-electron chi connectivity index (χ3n) is 2.45. The van der Waals surface area contributed by atoms with Gasteiger partial charge in [0.1, 0.15) is 0 Å². The summed E-state index contributed by atoms with van der Waals surface area (Å²) in [5.41, 5.74) is 3.00. The Kier molecular flexibility index (Phi) is 4.82. The second kappa shape index (κ2) is 5.91. The van der Waals surface area contributed by atoms with Gasteiger partial charge in [-0.05, 0) is 37.5 Å². The molecule has 0 saturated heterocycles. The molecule has 82 valence electrons. The maximum absolute atomic E-state index is 11.8. The predicted molar refractivity (Wildman–Crippen MR) is 66.7 cm³/mol. The lowest BCUT2D eigenvalue weighted by Crippen LogP contribution is -2.25. The average molecular weight is 270 g/mol. The molecule has 1 amide bonds. The van der Waals surface area contributed by atoms with Crippen molar-refractivity contribution in [2.24, 2.45) is 0 Å². The van der Waals surface area contributed by atoms with Gasteiger partial charge in [-0.2, -0.15) is 0 Å². The number of hydrogen-bond donors (Lipinski definition) is 1. The molecule has 0 spiro atoms. The number of alkyl halides is 1. The summed E-state index contributed by atoms with van der Waals surface area (Å²) in [6, 6.07) is 5.80. The van der Waals surface area contributed by atoms with Crippen molar-refractivity contribution in [3.63, 3.8) is 0 Å². The van der Waals surface area contributed by atoms with Gasteiger partial charge >= 0.3 is 0 Å². The van der Waals surface area contributed by atoms with Crippen LogP contribution in [0.15, 0.2) is 18.2 Å². The highest BCUT2D eigenvalue weighted by Crippen LogP contribution is 2.12. The molecule has 0 fully saturated rings. The van der Waals surface area contributed by atoms with Crippen molar-refractivity contribution >= 4 is 21.8 Å². The van der Waals surface area contributed by atoms with Crippen LogP contribution >= 0.6 is 15.9 Å². The third kappa shape index (κ3) is 3.34. The van der Waals surface area contributed by atoms with Crippen molar-refractivity contribution in [1.29, 1.82) is 0 Å². The van der Waals surface area contributed by atoms with Crippen LogP contribution in [0.25, 0.3) is 0 Å². The molecule has 1 aromatic carbocycles. The molecule has 1 rings (SSSR count). The Morgan fingerprint density at radius 2 is 2.13 bits per heavy atom. The molecule has 0 heterocycles. The van der Waals surface area contributed by atoms with Gasteiger partial charge in [0.15, 0.2) is 0 Å². The van der Waals surface area contributed by atoms with Gasteiger partial charge in [0.05, 0.1) is 0 Å². The van der Waals surface area contributed by atoms with Crippen LogP contribution in [0, 0.1) is 13.8 Å². The van der Waals surface area contributed by atoms with E-state index in [1.165, 1.54) is 0 Å². The first-order valence-corrected chi connectivity index (χ1v) is 6.19. The van der Waals surface area contributed by atoms with Crippen LogP contribution in [0.1, 0.15) is 27.9 Å². The van der Waals surface area contributed by atoms with Gasteiger partial charge in [-0.25, -0.2) is 0 Å². The van der Waals surface area contributed by atoms with Gasteiger partial charge in [0, 0.05) is 17.4 Å². The molecule has 0 bridgehead atoms. The molecule has 15 heavy (non-hydrogen) atoms. The van der Waals surface area contributed by atoms with E-state index in [-0.39, 0.29) is 5.91 Å². The minimum absolute atomic E-state index is 0.0251. The lowest BCUT2D eigenvalue weighted by molar-refractivity contribution is 0.0953. The first kappa shape index (κ1) is 12.2. The van der Waals surface area contributed by atoms with Gasteiger partial charge in [-0.3, -0.25) is 4.79 Å². The quantitative estimate of drug-likeness (QED) is 0.661. The Balaban J connectivity index is 2.69.